The van der Waals surface area contributed by atoms with Crippen molar-refractivity contribution in [2.45, 2.75) is 44.6 Å². The molecular formula is C25H27N3O. The molecule has 0 bridgehead atoms. The van der Waals surface area contributed by atoms with Gasteiger partial charge in [0.15, 0.2) is 5.78 Å². The van der Waals surface area contributed by atoms with Gasteiger partial charge in [0.1, 0.15) is 0 Å². The van der Waals surface area contributed by atoms with Crippen LogP contribution in [0.4, 0.5) is 0 Å². The maximum atomic E-state index is 12.9. The summed E-state index contributed by atoms with van der Waals surface area (Å²) in [5, 5.41) is 8.12. The smallest absolute Gasteiger partial charge is 0.170 e. The third-order valence-corrected chi connectivity index (χ3v) is 6.24. The van der Waals surface area contributed by atoms with Crippen LogP contribution in [0.15, 0.2) is 60.8 Å². The van der Waals surface area contributed by atoms with E-state index in [-0.39, 0.29) is 5.78 Å². The Labute approximate surface area is 172 Å². The molecule has 29 heavy (non-hydrogen) atoms. The minimum atomic E-state index is 0.118. The molecule has 2 fully saturated rings. The Kier molecular flexibility index (Phi) is 4.80. The number of nitrogens with one attached hydrogen (secondary N) is 1. The number of hydrogen-bond acceptors (Lipinski definition) is 3. The molecule has 4 heteroatoms. The fourth-order valence-electron chi connectivity index (χ4n) is 4.11. The molecule has 2 aliphatic rings. The number of Topliss-reactive ketones (excluding diaryl/α,β-unsaturated/α-hetero) is 1. The molecule has 3 aromatic rings. The summed E-state index contributed by atoms with van der Waals surface area (Å²) in [6, 6.07) is 19.2. The monoisotopic (exact) mass is 385 g/mol. The van der Waals surface area contributed by atoms with Crippen molar-refractivity contribution in [1.82, 2.24) is 15.1 Å². The summed E-state index contributed by atoms with van der Waals surface area (Å²) < 4.78 is 1.83. The number of aromatic nitrogens is 2. The van der Waals surface area contributed by atoms with Crippen molar-refractivity contribution in [3.63, 3.8) is 0 Å². The SMILES string of the molecule is Cc1c(C(=O)Cc2ccc(C3CC3NCC3CC3)cc2)cnn1-c1ccccc1. The van der Waals surface area contributed by atoms with Gasteiger partial charge in [0.05, 0.1) is 23.1 Å². The van der Waals surface area contributed by atoms with E-state index in [9.17, 15) is 4.79 Å². The standard InChI is InChI=1S/C25H27N3O/c1-17-23(16-27-28(17)21-5-3-2-4-6-21)25(29)13-18-9-11-20(12-10-18)22-14-24(22)26-15-19-7-8-19/h2-6,9-12,16,19,22,24,26H,7-8,13-15H2,1H3. The highest BCUT2D eigenvalue weighted by molar-refractivity contribution is 5.98. The van der Waals surface area contributed by atoms with Crippen LogP contribution in [0.2, 0.25) is 0 Å². The van der Waals surface area contributed by atoms with Gasteiger partial charge in [-0.3, -0.25) is 4.79 Å². The Bertz CT molecular complexity index is 1000. The molecule has 0 saturated heterocycles. The van der Waals surface area contributed by atoms with Crippen molar-refractivity contribution in [2.24, 2.45) is 5.92 Å². The average molecular weight is 386 g/mol. The number of nitrogens with zero attached hydrogens (tertiary/aromatic N) is 2. The van der Waals surface area contributed by atoms with Gasteiger partial charge in [0.25, 0.3) is 0 Å². The van der Waals surface area contributed by atoms with Gasteiger partial charge >= 0.3 is 0 Å². The number of para-hydroxylation sites is 1. The predicted octanol–water partition coefficient (Wildman–Crippen LogP) is 4.46. The number of benzene rings is 2. The first-order valence-electron chi connectivity index (χ1n) is 10.6. The fourth-order valence-corrected chi connectivity index (χ4v) is 4.11. The summed E-state index contributed by atoms with van der Waals surface area (Å²) in [6.45, 7) is 3.14. The molecule has 2 atom stereocenters. The summed E-state index contributed by atoms with van der Waals surface area (Å²) in [6.07, 6.45) is 6.14. The highest BCUT2D eigenvalue weighted by Gasteiger charge is 2.38. The first-order chi connectivity index (χ1) is 14.2. The molecule has 1 N–H and O–H groups in total. The van der Waals surface area contributed by atoms with Gasteiger partial charge in [-0.15, -0.1) is 0 Å². The zero-order chi connectivity index (χ0) is 19.8. The molecule has 148 valence electrons. The lowest BCUT2D eigenvalue weighted by Gasteiger charge is -2.06. The fraction of sp³-hybridized carbons (Fsp3) is 0.360. The highest BCUT2D eigenvalue weighted by atomic mass is 16.1. The molecule has 1 aromatic heterocycles. The van der Waals surface area contributed by atoms with Crippen LogP contribution < -0.4 is 5.32 Å². The second-order valence-electron chi connectivity index (χ2n) is 8.53. The summed E-state index contributed by atoms with van der Waals surface area (Å²) in [7, 11) is 0. The number of rotatable bonds is 8. The Morgan fingerprint density at radius 2 is 1.86 bits per heavy atom. The van der Waals surface area contributed by atoms with Gasteiger partial charge in [0.2, 0.25) is 0 Å². The van der Waals surface area contributed by atoms with Gasteiger partial charge in [0, 0.05) is 18.4 Å². The van der Waals surface area contributed by atoms with Gasteiger partial charge in [-0.05, 0) is 61.9 Å². The number of carbonyl (C=O) groups is 1. The van der Waals surface area contributed by atoms with Gasteiger partial charge in [-0.2, -0.15) is 5.10 Å². The predicted molar refractivity (Wildman–Crippen MR) is 115 cm³/mol. The van der Waals surface area contributed by atoms with E-state index in [0.29, 0.717) is 23.9 Å². The second-order valence-corrected chi connectivity index (χ2v) is 8.53. The minimum absolute atomic E-state index is 0.118. The van der Waals surface area contributed by atoms with Crippen LogP contribution >= 0.6 is 0 Å². The first kappa shape index (κ1) is 18.3. The molecule has 2 unspecified atom stereocenters. The van der Waals surface area contributed by atoms with Crippen LogP contribution in [0, 0.1) is 12.8 Å². The minimum Gasteiger partial charge on any atom is -0.313 e. The Morgan fingerprint density at radius 1 is 1.10 bits per heavy atom. The van der Waals surface area contributed by atoms with Crippen molar-refractivity contribution in [1.29, 1.82) is 0 Å². The third kappa shape index (κ3) is 4.03. The summed E-state index contributed by atoms with van der Waals surface area (Å²) >= 11 is 0. The quantitative estimate of drug-likeness (QED) is 0.582. The number of carbonyl (C=O) groups excluding carboxylic acids is 1. The van der Waals surface area contributed by atoms with Crippen molar-refractivity contribution < 1.29 is 4.79 Å². The summed E-state index contributed by atoms with van der Waals surface area (Å²) in [4.78, 5) is 12.9. The lowest BCUT2D eigenvalue weighted by Crippen LogP contribution is -2.20. The maximum absolute atomic E-state index is 12.9. The molecule has 2 aliphatic carbocycles. The van der Waals surface area contributed by atoms with Crippen LogP contribution in [-0.4, -0.2) is 28.2 Å². The summed E-state index contributed by atoms with van der Waals surface area (Å²) in [5.41, 5.74) is 5.02. The van der Waals surface area contributed by atoms with Crippen LogP contribution in [0.1, 0.15) is 52.4 Å². The zero-order valence-electron chi connectivity index (χ0n) is 16.8. The Morgan fingerprint density at radius 3 is 2.59 bits per heavy atom. The van der Waals surface area contributed by atoms with E-state index in [2.05, 4.69) is 34.7 Å². The largest absolute Gasteiger partial charge is 0.313 e. The van der Waals surface area contributed by atoms with Crippen molar-refractivity contribution in [2.75, 3.05) is 6.54 Å². The van der Waals surface area contributed by atoms with E-state index < -0.39 is 0 Å². The lowest BCUT2D eigenvalue weighted by molar-refractivity contribution is 0.0992. The Hall–Kier alpha value is -2.72. The van der Waals surface area contributed by atoms with Crippen LogP contribution in [0.5, 0.6) is 0 Å². The molecule has 2 saturated carbocycles. The van der Waals surface area contributed by atoms with E-state index >= 15 is 0 Å². The molecule has 0 aliphatic heterocycles. The molecule has 0 amide bonds. The van der Waals surface area contributed by atoms with Gasteiger partial charge < -0.3 is 5.32 Å². The molecule has 2 aromatic carbocycles. The van der Waals surface area contributed by atoms with E-state index in [0.717, 1.165) is 22.9 Å². The molecular weight excluding hydrogens is 358 g/mol. The molecule has 0 spiro atoms. The van der Waals surface area contributed by atoms with Crippen molar-refractivity contribution >= 4 is 5.78 Å². The maximum Gasteiger partial charge on any atom is 0.170 e. The van der Waals surface area contributed by atoms with Crippen LogP contribution in [0.3, 0.4) is 0 Å². The van der Waals surface area contributed by atoms with E-state index in [1.807, 2.05) is 41.9 Å². The number of hydrogen-bond donors (Lipinski definition) is 1. The highest BCUT2D eigenvalue weighted by Crippen LogP contribution is 2.41. The lowest BCUT2D eigenvalue weighted by atomic mass is 10.0. The molecule has 5 rings (SSSR count). The van der Waals surface area contributed by atoms with E-state index in [4.69, 9.17) is 0 Å². The first-order valence-corrected chi connectivity index (χ1v) is 10.6. The van der Waals surface area contributed by atoms with Crippen LogP contribution in [-0.2, 0) is 6.42 Å². The normalized spacial score (nSPS) is 20.6. The third-order valence-electron chi connectivity index (χ3n) is 6.24. The topological polar surface area (TPSA) is 46.9 Å². The average Bonchev–Trinajstić information content (AvgIpc) is 3.66. The van der Waals surface area contributed by atoms with Gasteiger partial charge in [-0.1, -0.05) is 42.5 Å². The van der Waals surface area contributed by atoms with Crippen LogP contribution in [0.25, 0.3) is 5.69 Å². The molecule has 4 nitrogen and oxygen atoms in total. The zero-order valence-corrected chi connectivity index (χ0v) is 16.8. The number of ketones is 1. The van der Waals surface area contributed by atoms with E-state index in [1.165, 1.54) is 31.4 Å². The molecule has 0 radical (unpaired) electrons. The Balaban J connectivity index is 1.22. The van der Waals surface area contributed by atoms with Crippen molar-refractivity contribution in [3.8, 4) is 5.69 Å². The second kappa shape index (κ2) is 7.60. The van der Waals surface area contributed by atoms with Gasteiger partial charge in [-0.25, -0.2) is 4.68 Å². The summed E-state index contributed by atoms with van der Waals surface area (Å²) in [5.74, 6) is 1.69. The van der Waals surface area contributed by atoms with E-state index in [1.54, 1.807) is 6.20 Å². The van der Waals surface area contributed by atoms with Crippen molar-refractivity contribution in [3.05, 3.63) is 83.2 Å². The molecule has 1 heterocycles.